The fraction of sp³-hybridized carbons (Fsp3) is 0.333. The van der Waals surface area contributed by atoms with Gasteiger partial charge in [0.25, 0.3) is 0 Å². The molecule has 0 atom stereocenters. The van der Waals surface area contributed by atoms with Crippen LogP contribution in [0.2, 0.25) is 0 Å². The number of anilines is 2. The fourth-order valence-electron chi connectivity index (χ4n) is 2.49. The SMILES string of the molecule is O=C(CN1CCN(c2cncc(F)c2)CC1)Nc1cnccn1. The Morgan fingerprint density at radius 3 is 2.65 bits per heavy atom. The Labute approximate surface area is 133 Å². The lowest BCUT2D eigenvalue weighted by atomic mass is 10.2. The van der Waals surface area contributed by atoms with Crippen LogP contribution in [0, 0.1) is 5.82 Å². The molecule has 3 rings (SSSR count). The van der Waals surface area contributed by atoms with Gasteiger partial charge in [-0.1, -0.05) is 0 Å². The summed E-state index contributed by atoms with van der Waals surface area (Å²) in [5.41, 5.74) is 0.772. The standard InChI is InChI=1S/C15H17FN6O/c16-12-7-13(9-18-8-12)22-5-3-21(4-6-22)11-15(23)20-14-10-17-1-2-19-14/h1-2,7-10H,3-6,11H2,(H,19,20,23). The molecule has 1 amide bonds. The average Bonchev–Trinajstić information content (AvgIpc) is 2.56. The molecule has 0 bridgehead atoms. The zero-order valence-electron chi connectivity index (χ0n) is 12.5. The third-order valence-corrected chi connectivity index (χ3v) is 3.63. The van der Waals surface area contributed by atoms with Crippen LogP contribution in [-0.4, -0.2) is 58.5 Å². The van der Waals surface area contributed by atoms with Crippen LogP contribution in [-0.2, 0) is 4.79 Å². The maximum absolute atomic E-state index is 13.2. The van der Waals surface area contributed by atoms with Gasteiger partial charge < -0.3 is 10.2 Å². The molecule has 2 aromatic heterocycles. The first-order chi connectivity index (χ1) is 11.2. The van der Waals surface area contributed by atoms with Crippen LogP contribution in [0.1, 0.15) is 0 Å². The summed E-state index contributed by atoms with van der Waals surface area (Å²) >= 11 is 0. The molecule has 3 heterocycles. The van der Waals surface area contributed by atoms with E-state index in [1.165, 1.54) is 24.7 Å². The normalized spacial score (nSPS) is 15.4. The van der Waals surface area contributed by atoms with E-state index in [1.54, 1.807) is 12.4 Å². The summed E-state index contributed by atoms with van der Waals surface area (Å²) in [4.78, 5) is 27.9. The van der Waals surface area contributed by atoms with Crippen LogP contribution in [0.25, 0.3) is 0 Å². The second-order valence-electron chi connectivity index (χ2n) is 5.26. The van der Waals surface area contributed by atoms with Crippen LogP contribution in [0.15, 0.2) is 37.1 Å². The van der Waals surface area contributed by atoms with E-state index >= 15 is 0 Å². The Morgan fingerprint density at radius 1 is 1.13 bits per heavy atom. The van der Waals surface area contributed by atoms with Crippen molar-refractivity contribution >= 4 is 17.4 Å². The third kappa shape index (κ3) is 4.19. The Hall–Kier alpha value is -2.61. The zero-order valence-corrected chi connectivity index (χ0v) is 12.5. The average molecular weight is 316 g/mol. The topological polar surface area (TPSA) is 74.2 Å². The second-order valence-corrected chi connectivity index (χ2v) is 5.26. The number of nitrogens with zero attached hydrogens (tertiary/aromatic N) is 5. The van der Waals surface area contributed by atoms with Gasteiger partial charge >= 0.3 is 0 Å². The number of piperazine rings is 1. The van der Waals surface area contributed by atoms with Gasteiger partial charge in [0.05, 0.1) is 30.8 Å². The highest BCUT2D eigenvalue weighted by Crippen LogP contribution is 2.16. The molecule has 23 heavy (non-hydrogen) atoms. The highest BCUT2D eigenvalue weighted by Gasteiger charge is 2.19. The Morgan fingerprint density at radius 2 is 1.96 bits per heavy atom. The van der Waals surface area contributed by atoms with Crippen molar-refractivity contribution in [3.63, 3.8) is 0 Å². The minimum atomic E-state index is -0.340. The van der Waals surface area contributed by atoms with E-state index in [-0.39, 0.29) is 11.7 Å². The van der Waals surface area contributed by atoms with Crippen molar-refractivity contribution < 1.29 is 9.18 Å². The first-order valence-electron chi connectivity index (χ1n) is 7.34. The summed E-state index contributed by atoms with van der Waals surface area (Å²) in [5, 5.41) is 2.71. The molecule has 8 heteroatoms. The van der Waals surface area contributed by atoms with E-state index in [9.17, 15) is 9.18 Å². The lowest BCUT2D eigenvalue weighted by Crippen LogP contribution is -2.48. The molecule has 0 saturated carbocycles. The number of nitrogens with one attached hydrogen (secondary N) is 1. The van der Waals surface area contributed by atoms with Crippen molar-refractivity contribution in [2.75, 3.05) is 42.9 Å². The molecule has 1 fully saturated rings. The lowest BCUT2D eigenvalue weighted by Gasteiger charge is -2.35. The van der Waals surface area contributed by atoms with Crippen molar-refractivity contribution in [2.24, 2.45) is 0 Å². The number of amides is 1. The van der Waals surface area contributed by atoms with Gasteiger partial charge in [-0.2, -0.15) is 0 Å². The smallest absolute Gasteiger partial charge is 0.239 e. The fourth-order valence-corrected chi connectivity index (χ4v) is 2.49. The molecule has 120 valence electrons. The summed E-state index contributed by atoms with van der Waals surface area (Å²) in [6.07, 6.45) is 7.43. The predicted molar refractivity (Wildman–Crippen MR) is 83.5 cm³/mol. The Bertz CT molecular complexity index is 660. The van der Waals surface area contributed by atoms with Gasteiger partial charge in [-0.3, -0.25) is 19.7 Å². The van der Waals surface area contributed by atoms with Crippen LogP contribution < -0.4 is 10.2 Å². The lowest BCUT2D eigenvalue weighted by molar-refractivity contribution is -0.117. The molecular weight excluding hydrogens is 299 g/mol. The molecule has 0 aromatic carbocycles. The van der Waals surface area contributed by atoms with Gasteiger partial charge in [0.2, 0.25) is 5.91 Å². The number of halogens is 1. The first-order valence-corrected chi connectivity index (χ1v) is 7.34. The molecule has 0 spiro atoms. The van der Waals surface area contributed by atoms with Crippen molar-refractivity contribution in [2.45, 2.75) is 0 Å². The maximum Gasteiger partial charge on any atom is 0.239 e. The van der Waals surface area contributed by atoms with Crippen LogP contribution in [0.4, 0.5) is 15.9 Å². The molecule has 1 aliphatic rings. The van der Waals surface area contributed by atoms with E-state index in [4.69, 9.17) is 0 Å². The van der Waals surface area contributed by atoms with Gasteiger partial charge in [-0.15, -0.1) is 0 Å². The molecule has 0 aliphatic carbocycles. The van der Waals surface area contributed by atoms with Crippen molar-refractivity contribution in [3.8, 4) is 0 Å². The minimum Gasteiger partial charge on any atom is -0.368 e. The number of rotatable bonds is 4. The van der Waals surface area contributed by atoms with Gasteiger partial charge in [0.1, 0.15) is 5.82 Å². The molecule has 2 aromatic rings. The monoisotopic (exact) mass is 316 g/mol. The number of hydrogen-bond acceptors (Lipinski definition) is 6. The van der Waals surface area contributed by atoms with Gasteiger partial charge in [-0.05, 0) is 0 Å². The molecule has 7 nitrogen and oxygen atoms in total. The molecule has 0 unspecified atom stereocenters. The maximum atomic E-state index is 13.2. The van der Waals surface area contributed by atoms with E-state index in [0.717, 1.165) is 31.9 Å². The first kappa shape index (κ1) is 15.3. The predicted octanol–water partition coefficient (Wildman–Crippen LogP) is 0.771. The van der Waals surface area contributed by atoms with E-state index in [0.29, 0.717) is 12.4 Å². The summed E-state index contributed by atoms with van der Waals surface area (Å²) in [7, 11) is 0. The van der Waals surface area contributed by atoms with E-state index in [2.05, 4.69) is 30.1 Å². The quantitative estimate of drug-likeness (QED) is 0.898. The number of hydrogen-bond donors (Lipinski definition) is 1. The highest BCUT2D eigenvalue weighted by atomic mass is 19.1. The van der Waals surface area contributed by atoms with Gasteiger partial charge in [0, 0.05) is 44.6 Å². The highest BCUT2D eigenvalue weighted by molar-refractivity contribution is 5.91. The van der Waals surface area contributed by atoms with Gasteiger partial charge in [-0.25, -0.2) is 9.37 Å². The van der Waals surface area contributed by atoms with Crippen LogP contribution in [0.5, 0.6) is 0 Å². The summed E-state index contributed by atoms with van der Waals surface area (Å²) in [6.45, 7) is 3.20. The zero-order chi connectivity index (χ0) is 16.1. The van der Waals surface area contributed by atoms with Crippen LogP contribution in [0.3, 0.4) is 0 Å². The largest absolute Gasteiger partial charge is 0.368 e. The van der Waals surface area contributed by atoms with E-state index < -0.39 is 0 Å². The summed E-state index contributed by atoms with van der Waals surface area (Å²) < 4.78 is 13.2. The Kier molecular flexibility index (Phi) is 4.72. The van der Waals surface area contributed by atoms with Crippen molar-refractivity contribution in [1.29, 1.82) is 0 Å². The number of pyridine rings is 1. The third-order valence-electron chi connectivity index (χ3n) is 3.63. The molecule has 1 saturated heterocycles. The summed E-state index contributed by atoms with van der Waals surface area (Å²) in [6, 6.07) is 1.48. The second kappa shape index (κ2) is 7.10. The number of carbonyl (C=O) groups is 1. The van der Waals surface area contributed by atoms with Crippen molar-refractivity contribution in [3.05, 3.63) is 42.9 Å². The minimum absolute atomic E-state index is 0.119. The van der Waals surface area contributed by atoms with Crippen LogP contribution >= 0.6 is 0 Å². The molecule has 1 N–H and O–H groups in total. The van der Waals surface area contributed by atoms with E-state index in [1.807, 2.05) is 0 Å². The molecule has 0 radical (unpaired) electrons. The van der Waals surface area contributed by atoms with Crippen molar-refractivity contribution in [1.82, 2.24) is 19.9 Å². The number of carbonyl (C=O) groups excluding carboxylic acids is 1. The number of aromatic nitrogens is 3. The van der Waals surface area contributed by atoms with Gasteiger partial charge in [0.15, 0.2) is 5.82 Å². The summed E-state index contributed by atoms with van der Waals surface area (Å²) in [5.74, 6) is -0.0124. The molecule has 1 aliphatic heterocycles. The Balaban J connectivity index is 1.48. The molecular formula is C15H17FN6O.